The highest BCUT2D eigenvalue weighted by Gasteiger charge is 1.92. The molecule has 27 heavy (non-hydrogen) atoms. The molecule has 0 N–H and O–H groups in total. The van der Waals surface area contributed by atoms with Crippen molar-refractivity contribution in [3.63, 3.8) is 0 Å². The van der Waals surface area contributed by atoms with Crippen LogP contribution in [-0.4, -0.2) is 15.0 Å². The first kappa shape index (κ1) is 16.5. The van der Waals surface area contributed by atoms with Gasteiger partial charge >= 0.3 is 0 Å². The van der Waals surface area contributed by atoms with Crippen molar-refractivity contribution in [2.75, 3.05) is 0 Å². The van der Waals surface area contributed by atoms with Gasteiger partial charge in [0, 0.05) is 52.5 Å². The van der Waals surface area contributed by atoms with Crippen LogP contribution in [0.2, 0.25) is 0 Å². The first-order chi connectivity index (χ1) is 13.4. The molecule has 0 aliphatic carbocycles. The van der Waals surface area contributed by atoms with Crippen LogP contribution in [0, 0.1) is 0 Å². The summed E-state index contributed by atoms with van der Waals surface area (Å²) in [6, 6.07) is 9.48. The molecule has 0 aromatic carbocycles. The van der Waals surface area contributed by atoms with Crippen LogP contribution in [-0.2, 0) is 0 Å². The molecular formula is C21H15N3O3. The van der Waals surface area contributed by atoms with Gasteiger partial charge in [0.2, 0.25) is 0 Å². The van der Waals surface area contributed by atoms with Crippen LogP contribution in [0.5, 0.6) is 0 Å². The Hall–Kier alpha value is -3.93. The number of fused-ring (bicyclic) bond motifs is 3. The van der Waals surface area contributed by atoms with Crippen LogP contribution in [0.25, 0.3) is 32.7 Å². The van der Waals surface area contributed by atoms with E-state index in [1.54, 1.807) is 62.2 Å². The predicted octanol–water partition coefficient (Wildman–Crippen LogP) is 5.48. The number of furan rings is 3. The number of hydrogen-bond acceptors (Lipinski definition) is 6. The third-order valence-corrected chi connectivity index (χ3v) is 3.79. The van der Waals surface area contributed by atoms with E-state index in [2.05, 4.69) is 15.0 Å². The molecular weight excluding hydrogens is 342 g/mol. The number of pyridine rings is 3. The average molecular weight is 357 g/mol. The quantitative estimate of drug-likeness (QED) is 0.358. The van der Waals surface area contributed by atoms with Crippen molar-refractivity contribution in [1.29, 1.82) is 0 Å². The average Bonchev–Trinajstić information content (AvgIpc) is 3.48. The lowest BCUT2D eigenvalue weighted by Crippen LogP contribution is -1.65. The van der Waals surface area contributed by atoms with Crippen LogP contribution < -0.4 is 0 Å². The van der Waals surface area contributed by atoms with Crippen LogP contribution in [0.15, 0.2) is 106 Å². The molecule has 0 radical (unpaired) electrons. The van der Waals surface area contributed by atoms with Crippen LogP contribution in [0.1, 0.15) is 0 Å². The van der Waals surface area contributed by atoms with Gasteiger partial charge in [0.25, 0.3) is 0 Å². The predicted molar refractivity (Wildman–Crippen MR) is 102 cm³/mol. The van der Waals surface area contributed by atoms with Crippen molar-refractivity contribution < 1.29 is 13.3 Å². The minimum Gasteiger partial charge on any atom is -0.471 e. The number of rotatable bonds is 0. The fraction of sp³-hybridized carbons (Fsp3) is 0. The second kappa shape index (κ2) is 7.97. The van der Waals surface area contributed by atoms with E-state index in [-0.39, 0.29) is 0 Å². The molecule has 0 spiro atoms. The van der Waals surface area contributed by atoms with Crippen molar-refractivity contribution in [1.82, 2.24) is 15.0 Å². The van der Waals surface area contributed by atoms with E-state index < -0.39 is 0 Å². The van der Waals surface area contributed by atoms with Gasteiger partial charge in [0.1, 0.15) is 5.58 Å². The fourth-order valence-electron chi connectivity index (χ4n) is 2.42. The summed E-state index contributed by atoms with van der Waals surface area (Å²) in [7, 11) is 0. The molecule has 6 heteroatoms. The normalized spacial score (nSPS) is 10.2. The van der Waals surface area contributed by atoms with Crippen molar-refractivity contribution >= 4 is 32.7 Å². The summed E-state index contributed by atoms with van der Waals surface area (Å²) < 4.78 is 15.1. The Morgan fingerprint density at radius 1 is 0.519 bits per heavy atom. The summed E-state index contributed by atoms with van der Waals surface area (Å²) in [6.45, 7) is 0. The Morgan fingerprint density at radius 3 is 1.93 bits per heavy atom. The van der Waals surface area contributed by atoms with Crippen molar-refractivity contribution in [3.8, 4) is 0 Å². The minimum atomic E-state index is 0.845. The first-order valence-corrected chi connectivity index (χ1v) is 8.20. The summed E-state index contributed by atoms with van der Waals surface area (Å²) >= 11 is 0. The van der Waals surface area contributed by atoms with E-state index in [9.17, 15) is 0 Å². The lowest BCUT2D eigenvalue weighted by molar-refractivity contribution is 0.572. The summed E-state index contributed by atoms with van der Waals surface area (Å²) in [6.07, 6.45) is 17.2. The lowest BCUT2D eigenvalue weighted by atomic mass is 10.3. The molecule has 6 nitrogen and oxygen atoms in total. The lowest BCUT2D eigenvalue weighted by Gasteiger charge is -1.80. The summed E-state index contributed by atoms with van der Waals surface area (Å²) in [5, 5.41) is 4.31. The Bertz CT molecular complexity index is 1010. The molecule has 132 valence electrons. The second-order valence-corrected chi connectivity index (χ2v) is 5.54. The number of aromatic nitrogens is 3. The van der Waals surface area contributed by atoms with Gasteiger partial charge in [-0.15, -0.1) is 0 Å². The number of hydrogen-bond donors (Lipinski definition) is 0. The van der Waals surface area contributed by atoms with E-state index in [0.717, 1.165) is 32.7 Å². The van der Waals surface area contributed by atoms with Gasteiger partial charge in [-0.05, 0) is 30.3 Å². The van der Waals surface area contributed by atoms with Gasteiger partial charge < -0.3 is 13.3 Å². The highest BCUT2D eigenvalue weighted by molar-refractivity contribution is 5.79. The van der Waals surface area contributed by atoms with Crippen LogP contribution in [0.3, 0.4) is 0 Å². The van der Waals surface area contributed by atoms with Crippen molar-refractivity contribution in [3.05, 3.63) is 92.6 Å². The van der Waals surface area contributed by atoms with Gasteiger partial charge in [-0.2, -0.15) is 0 Å². The van der Waals surface area contributed by atoms with Crippen LogP contribution >= 0.6 is 0 Å². The molecule has 0 aliphatic heterocycles. The zero-order chi connectivity index (χ0) is 18.3. The van der Waals surface area contributed by atoms with Gasteiger partial charge in [0.05, 0.1) is 31.2 Å². The standard InChI is InChI=1S/3C7H5NO/c1-3-8-5-6-2-4-9-7(1)6;1-3-8-5-7-6(1)2-4-9-7;1-2-8-3-7-5-9-4-6(1)7/h3*1-5H. The zero-order valence-corrected chi connectivity index (χ0v) is 14.2. The molecule has 6 rings (SSSR count). The van der Waals surface area contributed by atoms with Gasteiger partial charge in [0.15, 0.2) is 5.58 Å². The van der Waals surface area contributed by atoms with Crippen molar-refractivity contribution in [2.24, 2.45) is 0 Å². The molecule has 0 unspecified atom stereocenters. The first-order valence-electron chi connectivity index (χ1n) is 8.20. The molecule has 6 aromatic heterocycles. The molecule has 6 aromatic rings. The molecule has 0 amide bonds. The molecule has 0 saturated heterocycles. The maximum atomic E-state index is 5.08. The third-order valence-electron chi connectivity index (χ3n) is 3.79. The molecule has 6 heterocycles. The Morgan fingerprint density at radius 2 is 1.15 bits per heavy atom. The maximum absolute atomic E-state index is 5.08. The molecule has 0 bridgehead atoms. The fourth-order valence-corrected chi connectivity index (χ4v) is 2.42. The largest absolute Gasteiger partial charge is 0.471 e. The van der Waals surface area contributed by atoms with Crippen molar-refractivity contribution in [2.45, 2.75) is 0 Å². The van der Waals surface area contributed by atoms with E-state index in [0.29, 0.717) is 0 Å². The Labute approximate surface area is 154 Å². The monoisotopic (exact) mass is 357 g/mol. The Kier molecular flexibility index (Phi) is 4.88. The molecule has 0 fully saturated rings. The maximum Gasteiger partial charge on any atom is 0.152 e. The highest BCUT2D eigenvalue weighted by atomic mass is 16.3. The van der Waals surface area contributed by atoms with E-state index in [4.69, 9.17) is 13.3 Å². The van der Waals surface area contributed by atoms with Gasteiger partial charge in [-0.25, -0.2) is 0 Å². The minimum absolute atomic E-state index is 0.845. The van der Waals surface area contributed by atoms with E-state index >= 15 is 0 Å². The smallest absolute Gasteiger partial charge is 0.152 e. The third kappa shape index (κ3) is 4.01. The summed E-state index contributed by atoms with van der Waals surface area (Å²) in [5.74, 6) is 0. The molecule has 0 aliphatic rings. The summed E-state index contributed by atoms with van der Waals surface area (Å²) in [4.78, 5) is 11.7. The number of nitrogens with zero attached hydrogens (tertiary/aromatic N) is 3. The van der Waals surface area contributed by atoms with E-state index in [1.807, 2.05) is 30.3 Å². The second-order valence-electron chi connectivity index (χ2n) is 5.54. The van der Waals surface area contributed by atoms with Gasteiger partial charge in [-0.1, -0.05) is 0 Å². The SMILES string of the molecule is c1cc2ccoc2cn1.c1cc2cocc2cn1.c1cc2occc2cn1. The molecule has 0 saturated carbocycles. The van der Waals surface area contributed by atoms with E-state index in [1.165, 1.54) is 0 Å². The summed E-state index contributed by atoms with van der Waals surface area (Å²) in [5.41, 5.74) is 1.74. The topological polar surface area (TPSA) is 78.1 Å². The van der Waals surface area contributed by atoms with Crippen LogP contribution in [0.4, 0.5) is 0 Å². The Balaban J connectivity index is 0.0000001000. The molecule has 0 atom stereocenters. The zero-order valence-electron chi connectivity index (χ0n) is 14.2. The highest BCUT2D eigenvalue weighted by Crippen LogP contribution is 2.12. The van der Waals surface area contributed by atoms with Gasteiger partial charge in [-0.3, -0.25) is 15.0 Å².